The van der Waals surface area contributed by atoms with Crippen LogP contribution < -0.4 is 5.32 Å². The molecule has 2 aromatic carbocycles. The van der Waals surface area contributed by atoms with Crippen molar-refractivity contribution in [2.75, 3.05) is 19.7 Å². The molecular formula is C21H21F3N2O. The fourth-order valence-corrected chi connectivity index (χ4v) is 3.92. The predicted octanol–water partition coefficient (Wildman–Crippen LogP) is 4.71. The Morgan fingerprint density at radius 2 is 1.78 bits per heavy atom. The molecule has 0 spiro atoms. The molecule has 0 radical (unpaired) electrons. The molecule has 1 aromatic heterocycles. The van der Waals surface area contributed by atoms with Crippen molar-refractivity contribution in [3.8, 4) is 0 Å². The third kappa shape index (κ3) is 3.73. The average Bonchev–Trinajstić information content (AvgIpc) is 3.27. The number of fused-ring (bicyclic) bond motifs is 1. The number of halogens is 3. The minimum Gasteiger partial charge on any atom is -0.376 e. The monoisotopic (exact) mass is 374 g/mol. The van der Waals surface area contributed by atoms with Gasteiger partial charge in [-0.2, -0.15) is 13.2 Å². The summed E-state index contributed by atoms with van der Waals surface area (Å²) in [5.74, 6) is 0.501. The summed E-state index contributed by atoms with van der Waals surface area (Å²) in [6, 6.07) is 13.7. The van der Waals surface area contributed by atoms with Crippen LogP contribution >= 0.6 is 0 Å². The molecule has 3 aromatic rings. The highest BCUT2D eigenvalue weighted by Crippen LogP contribution is 2.34. The van der Waals surface area contributed by atoms with Crippen LogP contribution in [0.1, 0.15) is 22.6 Å². The van der Waals surface area contributed by atoms with Crippen molar-refractivity contribution in [2.45, 2.75) is 18.7 Å². The van der Waals surface area contributed by atoms with Gasteiger partial charge in [0.05, 0.1) is 18.8 Å². The molecule has 2 heterocycles. The van der Waals surface area contributed by atoms with Crippen molar-refractivity contribution >= 4 is 10.9 Å². The number of rotatable bonds is 5. The summed E-state index contributed by atoms with van der Waals surface area (Å²) in [5, 5.41) is 4.58. The molecule has 1 aliphatic rings. The zero-order valence-corrected chi connectivity index (χ0v) is 14.7. The van der Waals surface area contributed by atoms with Gasteiger partial charge < -0.3 is 15.0 Å². The maximum Gasteiger partial charge on any atom is 0.416 e. The molecule has 0 aliphatic carbocycles. The summed E-state index contributed by atoms with van der Waals surface area (Å²) in [5.41, 5.74) is 1.89. The van der Waals surface area contributed by atoms with Crippen LogP contribution in [0.25, 0.3) is 10.9 Å². The molecule has 1 saturated heterocycles. The molecule has 1 aliphatic heterocycles. The Balaban J connectivity index is 1.44. The number of para-hydroxylation sites is 1. The maximum absolute atomic E-state index is 13.1. The molecule has 2 N–H and O–H groups in total. The lowest BCUT2D eigenvalue weighted by Gasteiger charge is -2.19. The second-order valence-electron chi connectivity index (χ2n) is 6.98. The van der Waals surface area contributed by atoms with Gasteiger partial charge in [-0.3, -0.25) is 0 Å². The largest absolute Gasteiger partial charge is 0.416 e. The van der Waals surface area contributed by atoms with Crippen LogP contribution in [-0.2, 0) is 17.5 Å². The van der Waals surface area contributed by atoms with Gasteiger partial charge in [0.15, 0.2) is 0 Å². The Kier molecular flexibility index (Phi) is 4.93. The van der Waals surface area contributed by atoms with E-state index >= 15 is 0 Å². The standard InChI is InChI=1S/C21H21F3N2O/c22-21(23,24)19-7-3-1-5-14(19)12-27-13-15-9-25-10-17(15)18-11-26-20-8-4-2-6-16(18)20/h1-8,11,15,17,25-26H,9-10,12-13H2/t15-,17+/m0/s1. The SMILES string of the molecule is FC(F)(F)c1ccccc1COC[C@@H]1CNC[C@H]1c1c[nH]c2ccccc12. The Labute approximate surface area is 155 Å². The van der Waals surface area contributed by atoms with Gasteiger partial charge in [0.2, 0.25) is 0 Å². The van der Waals surface area contributed by atoms with E-state index in [1.54, 1.807) is 6.07 Å². The third-order valence-electron chi connectivity index (χ3n) is 5.27. The minimum atomic E-state index is -4.36. The van der Waals surface area contributed by atoms with Gasteiger partial charge in [-0.05, 0) is 23.3 Å². The van der Waals surface area contributed by atoms with Crippen LogP contribution in [0.4, 0.5) is 13.2 Å². The molecule has 3 nitrogen and oxygen atoms in total. The number of ether oxygens (including phenoxy) is 1. The van der Waals surface area contributed by atoms with E-state index in [0.29, 0.717) is 6.61 Å². The molecule has 27 heavy (non-hydrogen) atoms. The van der Waals surface area contributed by atoms with Crippen LogP contribution in [0.2, 0.25) is 0 Å². The molecule has 0 saturated carbocycles. The van der Waals surface area contributed by atoms with Crippen LogP contribution in [0.3, 0.4) is 0 Å². The first-order chi connectivity index (χ1) is 13.0. The summed E-state index contributed by atoms with van der Waals surface area (Å²) < 4.78 is 45.0. The van der Waals surface area contributed by atoms with E-state index in [9.17, 15) is 13.2 Å². The summed E-state index contributed by atoms with van der Waals surface area (Å²) in [6.45, 7) is 2.02. The summed E-state index contributed by atoms with van der Waals surface area (Å²) >= 11 is 0. The first kappa shape index (κ1) is 18.1. The zero-order valence-electron chi connectivity index (χ0n) is 14.7. The van der Waals surface area contributed by atoms with Gasteiger partial charge >= 0.3 is 6.18 Å². The Morgan fingerprint density at radius 3 is 2.63 bits per heavy atom. The number of aromatic amines is 1. The van der Waals surface area contributed by atoms with Gasteiger partial charge in [-0.25, -0.2) is 0 Å². The first-order valence-corrected chi connectivity index (χ1v) is 9.03. The van der Waals surface area contributed by atoms with E-state index in [-0.39, 0.29) is 24.0 Å². The lowest BCUT2D eigenvalue weighted by Crippen LogP contribution is -2.18. The Hall–Kier alpha value is -2.31. The number of nitrogens with one attached hydrogen (secondary N) is 2. The lowest BCUT2D eigenvalue weighted by atomic mass is 9.89. The van der Waals surface area contributed by atoms with E-state index in [0.717, 1.165) is 24.7 Å². The first-order valence-electron chi connectivity index (χ1n) is 9.03. The summed E-state index contributed by atoms with van der Waals surface area (Å²) in [7, 11) is 0. The second-order valence-corrected chi connectivity index (χ2v) is 6.98. The fourth-order valence-electron chi connectivity index (χ4n) is 3.92. The molecule has 0 amide bonds. The van der Waals surface area contributed by atoms with Crippen molar-refractivity contribution in [3.05, 3.63) is 71.4 Å². The van der Waals surface area contributed by atoms with E-state index < -0.39 is 11.7 Å². The van der Waals surface area contributed by atoms with Crippen molar-refractivity contribution in [1.29, 1.82) is 0 Å². The van der Waals surface area contributed by atoms with E-state index in [1.807, 2.05) is 24.4 Å². The Bertz CT molecular complexity index is 919. The zero-order chi connectivity index (χ0) is 18.9. The third-order valence-corrected chi connectivity index (χ3v) is 5.27. The maximum atomic E-state index is 13.1. The number of hydrogen-bond acceptors (Lipinski definition) is 2. The predicted molar refractivity (Wildman–Crippen MR) is 98.5 cm³/mol. The molecule has 142 valence electrons. The van der Waals surface area contributed by atoms with Crippen LogP contribution in [0.5, 0.6) is 0 Å². The van der Waals surface area contributed by atoms with Gasteiger partial charge in [0.1, 0.15) is 0 Å². The van der Waals surface area contributed by atoms with Gasteiger partial charge in [-0.1, -0.05) is 36.4 Å². The minimum absolute atomic E-state index is 0.0349. The lowest BCUT2D eigenvalue weighted by molar-refractivity contribution is -0.139. The molecule has 0 unspecified atom stereocenters. The van der Waals surface area contributed by atoms with Crippen molar-refractivity contribution in [3.63, 3.8) is 0 Å². The number of H-pyrrole nitrogens is 1. The highest BCUT2D eigenvalue weighted by atomic mass is 19.4. The number of alkyl halides is 3. The second kappa shape index (κ2) is 7.37. The van der Waals surface area contributed by atoms with E-state index in [1.165, 1.54) is 23.1 Å². The molecule has 6 heteroatoms. The van der Waals surface area contributed by atoms with E-state index in [4.69, 9.17) is 4.74 Å². The molecular weight excluding hydrogens is 353 g/mol. The van der Waals surface area contributed by atoms with Crippen LogP contribution in [0.15, 0.2) is 54.7 Å². The van der Waals surface area contributed by atoms with Crippen molar-refractivity contribution < 1.29 is 17.9 Å². The highest BCUT2D eigenvalue weighted by molar-refractivity contribution is 5.83. The molecule has 1 fully saturated rings. The highest BCUT2D eigenvalue weighted by Gasteiger charge is 2.33. The van der Waals surface area contributed by atoms with Crippen LogP contribution in [0, 0.1) is 5.92 Å². The normalized spacial score (nSPS) is 20.4. The van der Waals surface area contributed by atoms with Crippen molar-refractivity contribution in [2.24, 2.45) is 5.92 Å². The van der Waals surface area contributed by atoms with Gasteiger partial charge in [-0.15, -0.1) is 0 Å². The fraction of sp³-hybridized carbons (Fsp3) is 0.333. The smallest absolute Gasteiger partial charge is 0.376 e. The van der Waals surface area contributed by atoms with Gasteiger partial charge in [0, 0.05) is 42.0 Å². The quantitative estimate of drug-likeness (QED) is 0.679. The molecule has 0 bridgehead atoms. The topological polar surface area (TPSA) is 37.0 Å². The number of benzene rings is 2. The van der Waals surface area contributed by atoms with Crippen molar-refractivity contribution in [1.82, 2.24) is 10.3 Å². The number of aromatic nitrogens is 1. The average molecular weight is 374 g/mol. The van der Waals surface area contributed by atoms with Gasteiger partial charge in [0.25, 0.3) is 0 Å². The molecule has 2 atom stereocenters. The Morgan fingerprint density at radius 1 is 1.00 bits per heavy atom. The van der Waals surface area contributed by atoms with E-state index in [2.05, 4.69) is 16.4 Å². The molecule has 4 rings (SSSR count). The number of hydrogen-bond donors (Lipinski definition) is 2. The summed E-state index contributed by atoms with van der Waals surface area (Å²) in [6.07, 6.45) is -2.32. The van der Waals surface area contributed by atoms with Crippen LogP contribution in [-0.4, -0.2) is 24.7 Å². The summed E-state index contributed by atoms with van der Waals surface area (Å²) in [4.78, 5) is 3.30.